The highest BCUT2D eigenvalue weighted by molar-refractivity contribution is 6.29. The van der Waals surface area contributed by atoms with E-state index < -0.39 is 17.7 Å². The van der Waals surface area contributed by atoms with E-state index in [9.17, 15) is 9.59 Å². The van der Waals surface area contributed by atoms with E-state index in [1.807, 2.05) is 20.8 Å². The number of likely N-dealkylation sites (tertiary alicyclic amines) is 1. The van der Waals surface area contributed by atoms with Crippen LogP contribution in [0.3, 0.4) is 0 Å². The standard InChI is InChI=1S/C16H20ClN3O3/c1-16(2,3)23-15(22)20-10-7-9(10)8-11(20)14(21)19-13-6-4-5-12(17)18-13/h4-6,9-11H,7-8H2,1-3H3,(H,18,19,21)/t9-,10-,11+/m1/s1. The second kappa shape index (κ2) is 5.67. The van der Waals surface area contributed by atoms with Gasteiger partial charge in [-0.25, -0.2) is 9.78 Å². The summed E-state index contributed by atoms with van der Waals surface area (Å²) in [7, 11) is 0. The van der Waals surface area contributed by atoms with E-state index in [1.165, 1.54) is 0 Å². The van der Waals surface area contributed by atoms with E-state index in [0.717, 1.165) is 6.42 Å². The molecule has 1 aliphatic heterocycles. The monoisotopic (exact) mass is 337 g/mol. The molecule has 7 heteroatoms. The number of anilines is 1. The lowest BCUT2D eigenvalue weighted by atomic mass is 10.1. The molecule has 0 aromatic carbocycles. The molecule has 1 saturated carbocycles. The molecule has 2 amide bonds. The van der Waals surface area contributed by atoms with Crippen LogP contribution in [0.4, 0.5) is 10.6 Å². The molecule has 6 nitrogen and oxygen atoms in total. The minimum Gasteiger partial charge on any atom is -0.444 e. The van der Waals surface area contributed by atoms with Crippen LogP contribution in [0.15, 0.2) is 18.2 Å². The molecule has 124 valence electrons. The van der Waals surface area contributed by atoms with Crippen LogP contribution in [0.25, 0.3) is 0 Å². The molecule has 0 spiro atoms. The maximum atomic E-state index is 12.5. The van der Waals surface area contributed by atoms with Crippen LogP contribution in [-0.4, -0.2) is 39.6 Å². The van der Waals surface area contributed by atoms with Gasteiger partial charge in [0, 0.05) is 6.04 Å². The fourth-order valence-electron chi connectivity index (χ4n) is 2.96. The van der Waals surface area contributed by atoms with Gasteiger partial charge in [0.25, 0.3) is 0 Å². The van der Waals surface area contributed by atoms with Crippen LogP contribution in [0.5, 0.6) is 0 Å². The van der Waals surface area contributed by atoms with Gasteiger partial charge in [-0.1, -0.05) is 17.7 Å². The van der Waals surface area contributed by atoms with Gasteiger partial charge in [0.05, 0.1) is 0 Å². The third-order valence-corrected chi connectivity index (χ3v) is 4.19. The average molecular weight is 338 g/mol. The van der Waals surface area contributed by atoms with Crippen molar-refractivity contribution in [2.24, 2.45) is 5.92 Å². The van der Waals surface area contributed by atoms with Crippen molar-refractivity contribution in [3.05, 3.63) is 23.4 Å². The van der Waals surface area contributed by atoms with Crippen LogP contribution in [0.1, 0.15) is 33.6 Å². The molecule has 1 saturated heterocycles. The van der Waals surface area contributed by atoms with Crippen molar-refractivity contribution in [3.8, 4) is 0 Å². The number of fused-ring (bicyclic) bond motifs is 1. The van der Waals surface area contributed by atoms with Crippen molar-refractivity contribution in [2.75, 3.05) is 5.32 Å². The highest BCUT2D eigenvalue weighted by Gasteiger charge is 2.57. The molecule has 1 aromatic rings. The van der Waals surface area contributed by atoms with Gasteiger partial charge in [-0.05, 0) is 51.7 Å². The van der Waals surface area contributed by atoms with E-state index in [4.69, 9.17) is 16.3 Å². The third-order valence-electron chi connectivity index (χ3n) is 3.98. The number of rotatable bonds is 2. The quantitative estimate of drug-likeness (QED) is 0.842. The number of halogens is 1. The fraction of sp³-hybridized carbons (Fsp3) is 0.562. The molecule has 23 heavy (non-hydrogen) atoms. The third kappa shape index (κ3) is 3.58. The smallest absolute Gasteiger partial charge is 0.411 e. The topological polar surface area (TPSA) is 71.5 Å². The Labute approximate surface area is 140 Å². The normalized spacial score (nSPS) is 25.7. The Balaban J connectivity index is 1.71. The van der Waals surface area contributed by atoms with E-state index in [0.29, 0.717) is 23.3 Å². The average Bonchev–Trinajstić information content (AvgIpc) is 3.06. The van der Waals surface area contributed by atoms with E-state index in [2.05, 4.69) is 10.3 Å². The van der Waals surface area contributed by atoms with Gasteiger partial charge in [0.2, 0.25) is 5.91 Å². The fourth-order valence-corrected chi connectivity index (χ4v) is 3.12. The zero-order valence-electron chi connectivity index (χ0n) is 13.4. The molecule has 0 unspecified atom stereocenters. The van der Waals surface area contributed by atoms with Gasteiger partial charge < -0.3 is 10.1 Å². The van der Waals surface area contributed by atoms with Gasteiger partial charge in [0.15, 0.2) is 0 Å². The van der Waals surface area contributed by atoms with Gasteiger partial charge in [-0.15, -0.1) is 0 Å². The molecular weight excluding hydrogens is 318 g/mol. The number of hydrogen-bond donors (Lipinski definition) is 1. The lowest BCUT2D eigenvalue weighted by Gasteiger charge is -2.29. The first-order chi connectivity index (χ1) is 10.7. The first-order valence-electron chi connectivity index (χ1n) is 7.69. The van der Waals surface area contributed by atoms with Crippen molar-refractivity contribution in [3.63, 3.8) is 0 Å². The minimum absolute atomic E-state index is 0.118. The van der Waals surface area contributed by atoms with Crippen molar-refractivity contribution >= 4 is 29.4 Å². The summed E-state index contributed by atoms with van der Waals surface area (Å²) in [5, 5.41) is 3.04. The summed E-state index contributed by atoms with van der Waals surface area (Å²) in [5.74, 6) is 0.524. The van der Waals surface area contributed by atoms with Gasteiger partial charge in [-0.3, -0.25) is 9.69 Å². The maximum Gasteiger partial charge on any atom is 0.411 e. The van der Waals surface area contributed by atoms with Crippen LogP contribution in [0.2, 0.25) is 5.15 Å². The van der Waals surface area contributed by atoms with Gasteiger partial charge in [0.1, 0.15) is 22.6 Å². The van der Waals surface area contributed by atoms with E-state index in [-0.39, 0.29) is 11.9 Å². The van der Waals surface area contributed by atoms with E-state index >= 15 is 0 Å². The van der Waals surface area contributed by atoms with Crippen LogP contribution >= 0.6 is 11.6 Å². The number of amides is 2. The summed E-state index contributed by atoms with van der Waals surface area (Å²) in [5.41, 5.74) is -0.584. The largest absolute Gasteiger partial charge is 0.444 e. The summed E-state index contributed by atoms with van der Waals surface area (Å²) in [6.07, 6.45) is 1.18. The number of nitrogens with one attached hydrogen (secondary N) is 1. The lowest BCUT2D eigenvalue weighted by molar-refractivity contribution is -0.121. The number of nitrogens with zero attached hydrogens (tertiary/aromatic N) is 2. The zero-order valence-corrected chi connectivity index (χ0v) is 14.1. The summed E-state index contributed by atoms with van der Waals surface area (Å²) in [6.45, 7) is 5.45. The molecule has 0 radical (unpaired) electrons. The summed E-state index contributed by atoms with van der Waals surface area (Å²) >= 11 is 5.82. The van der Waals surface area contributed by atoms with Crippen molar-refractivity contribution < 1.29 is 14.3 Å². The number of carbonyl (C=O) groups is 2. The first-order valence-corrected chi connectivity index (χ1v) is 8.07. The number of carbonyl (C=O) groups excluding carboxylic acids is 2. The Kier molecular flexibility index (Phi) is 3.96. The number of piperidine rings is 1. The van der Waals surface area contributed by atoms with Crippen molar-refractivity contribution in [1.29, 1.82) is 0 Å². The molecule has 2 fully saturated rings. The predicted octanol–water partition coefficient (Wildman–Crippen LogP) is 3.07. The molecule has 0 bridgehead atoms. The second-order valence-corrected chi connectivity index (χ2v) is 7.42. The molecule has 1 aromatic heterocycles. The molecule has 1 N–H and O–H groups in total. The predicted molar refractivity (Wildman–Crippen MR) is 86.2 cm³/mol. The second-order valence-electron chi connectivity index (χ2n) is 7.04. The van der Waals surface area contributed by atoms with Gasteiger partial charge >= 0.3 is 6.09 Å². The maximum absolute atomic E-state index is 12.5. The minimum atomic E-state index is -0.584. The Morgan fingerprint density at radius 2 is 2.09 bits per heavy atom. The Hall–Kier alpha value is -1.82. The number of ether oxygens (including phenoxy) is 1. The van der Waals surface area contributed by atoms with Crippen LogP contribution in [0, 0.1) is 5.92 Å². The Morgan fingerprint density at radius 1 is 1.35 bits per heavy atom. The molecule has 2 heterocycles. The van der Waals surface area contributed by atoms with Crippen LogP contribution in [-0.2, 0) is 9.53 Å². The van der Waals surface area contributed by atoms with Gasteiger partial charge in [-0.2, -0.15) is 0 Å². The first kappa shape index (κ1) is 16.1. The lowest BCUT2D eigenvalue weighted by Crippen LogP contribution is -2.47. The molecule has 2 aliphatic rings. The summed E-state index contributed by atoms with van der Waals surface area (Å²) in [4.78, 5) is 30.6. The molecule has 3 rings (SSSR count). The summed E-state index contributed by atoms with van der Waals surface area (Å²) < 4.78 is 5.44. The summed E-state index contributed by atoms with van der Waals surface area (Å²) in [6, 6.07) is 4.61. The molecule has 1 aliphatic carbocycles. The number of hydrogen-bond acceptors (Lipinski definition) is 4. The number of aromatic nitrogens is 1. The Bertz CT molecular complexity index is 644. The highest BCUT2D eigenvalue weighted by Crippen LogP contribution is 2.48. The highest BCUT2D eigenvalue weighted by atomic mass is 35.5. The molecule has 3 atom stereocenters. The zero-order chi connectivity index (χ0) is 16.8. The number of pyridine rings is 1. The van der Waals surface area contributed by atoms with E-state index in [1.54, 1.807) is 23.1 Å². The molecular formula is C16H20ClN3O3. The van der Waals surface area contributed by atoms with Crippen molar-refractivity contribution in [2.45, 2.75) is 51.3 Å². The van der Waals surface area contributed by atoms with Crippen molar-refractivity contribution in [1.82, 2.24) is 9.88 Å². The van der Waals surface area contributed by atoms with Crippen LogP contribution < -0.4 is 5.32 Å². The SMILES string of the molecule is CC(C)(C)OC(=O)N1[C@@H]2C[C@@H]2C[C@H]1C(=O)Nc1cccc(Cl)n1. The Morgan fingerprint density at radius 3 is 2.74 bits per heavy atom.